The van der Waals surface area contributed by atoms with E-state index in [1.54, 1.807) is 7.11 Å². The van der Waals surface area contributed by atoms with E-state index in [4.69, 9.17) is 4.74 Å². The van der Waals surface area contributed by atoms with Gasteiger partial charge in [0.15, 0.2) is 0 Å². The quantitative estimate of drug-likeness (QED) is 0.782. The number of methoxy groups -OCH3 is 1. The van der Waals surface area contributed by atoms with Gasteiger partial charge in [0.25, 0.3) is 0 Å². The maximum Gasteiger partial charge on any atom is 0.203 e. The van der Waals surface area contributed by atoms with Crippen molar-refractivity contribution in [1.82, 2.24) is 9.55 Å². The largest absolute Gasteiger partial charge is 0.383 e. The molecule has 0 bridgehead atoms. The first-order valence-electron chi connectivity index (χ1n) is 5.46. The number of aryl methyl sites for hydroxylation is 2. The van der Waals surface area contributed by atoms with Gasteiger partial charge in [0.1, 0.15) is 0 Å². The molecule has 1 aromatic heterocycles. The lowest BCUT2D eigenvalue weighted by Gasteiger charge is -2.14. The van der Waals surface area contributed by atoms with Crippen LogP contribution in [0, 0.1) is 6.92 Å². The van der Waals surface area contributed by atoms with Crippen molar-refractivity contribution in [2.24, 2.45) is 0 Å². The zero-order valence-electron chi connectivity index (χ0n) is 10.1. The fourth-order valence-corrected chi connectivity index (χ4v) is 1.59. The number of aromatic nitrogens is 2. The Morgan fingerprint density at radius 2 is 2.33 bits per heavy atom. The van der Waals surface area contributed by atoms with Crippen LogP contribution in [-0.4, -0.2) is 29.3 Å². The molecule has 0 saturated heterocycles. The van der Waals surface area contributed by atoms with Gasteiger partial charge in [-0.05, 0) is 20.3 Å². The second-order valence-corrected chi connectivity index (χ2v) is 3.90. The average Bonchev–Trinajstić information content (AvgIpc) is 2.47. The molecule has 0 spiro atoms. The average molecular weight is 211 g/mol. The first-order valence-corrected chi connectivity index (χ1v) is 5.46. The van der Waals surface area contributed by atoms with Crippen LogP contribution < -0.4 is 5.32 Å². The highest BCUT2D eigenvalue weighted by atomic mass is 16.5. The Bertz CT molecular complexity index is 296. The van der Waals surface area contributed by atoms with Crippen molar-refractivity contribution in [3.05, 3.63) is 11.9 Å². The number of hydrogen-bond donors (Lipinski definition) is 1. The van der Waals surface area contributed by atoms with Crippen LogP contribution in [-0.2, 0) is 11.3 Å². The van der Waals surface area contributed by atoms with Gasteiger partial charge in [-0.3, -0.25) is 0 Å². The van der Waals surface area contributed by atoms with Gasteiger partial charge in [-0.25, -0.2) is 4.98 Å². The molecule has 0 aliphatic heterocycles. The van der Waals surface area contributed by atoms with Crippen molar-refractivity contribution < 1.29 is 4.74 Å². The molecule has 1 unspecified atom stereocenters. The second-order valence-electron chi connectivity index (χ2n) is 3.90. The minimum atomic E-state index is 0.285. The smallest absolute Gasteiger partial charge is 0.203 e. The van der Waals surface area contributed by atoms with Crippen molar-refractivity contribution in [3.63, 3.8) is 0 Å². The molecule has 0 amide bonds. The molecule has 0 aromatic carbocycles. The van der Waals surface area contributed by atoms with Gasteiger partial charge in [0, 0.05) is 25.9 Å². The second kappa shape index (κ2) is 5.75. The summed E-state index contributed by atoms with van der Waals surface area (Å²) in [5.74, 6) is 0.943. The number of ether oxygens (including phenoxy) is 1. The molecule has 1 aromatic rings. The van der Waals surface area contributed by atoms with Crippen molar-refractivity contribution >= 4 is 5.95 Å². The highest BCUT2D eigenvalue weighted by molar-refractivity contribution is 5.29. The van der Waals surface area contributed by atoms with Crippen LogP contribution in [0.4, 0.5) is 5.95 Å². The summed E-state index contributed by atoms with van der Waals surface area (Å²) in [7, 11) is 1.71. The first-order chi connectivity index (χ1) is 7.17. The molecule has 0 fully saturated rings. The standard InChI is InChI=1S/C11H21N3O/c1-5-6-14-7-9(2)12-11(14)13-10(3)8-15-4/h7,10H,5-6,8H2,1-4H3,(H,12,13). The molecule has 1 rings (SSSR count). The van der Waals surface area contributed by atoms with Crippen LogP contribution in [0.1, 0.15) is 26.0 Å². The molecule has 0 saturated carbocycles. The maximum atomic E-state index is 5.08. The Hall–Kier alpha value is -1.03. The van der Waals surface area contributed by atoms with E-state index >= 15 is 0 Å². The minimum Gasteiger partial charge on any atom is -0.383 e. The predicted octanol–water partition coefficient (Wildman–Crippen LogP) is 2.05. The Balaban J connectivity index is 2.65. The normalized spacial score (nSPS) is 12.8. The number of hydrogen-bond acceptors (Lipinski definition) is 3. The van der Waals surface area contributed by atoms with Crippen molar-refractivity contribution in [3.8, 4) is 0 Å². The lowest BCUT2D eigenvalue weighted by atomic mass is 10.4. The highest BCUT2D eigenvalue weighted by Gasteiger charge is 2.07. The molecule has 1 atom stereocenters. The topological polar surface area (TPSA) is 39.1 Å². The van der Waals surface area contributed by atoms with E-state index < -0.39 is 0 Å². The van der Waals surface area contributed by atoms with E-state index in [0.717, 1.165) is 24.6 Å². The fourth-order valence-electron chi connectivity index (χ4n) is 1.59. The Morgan fingerprint density at radius 3 is 2.93 bits per heavy atom. The van der Waals surface area contributed by atoms with Crippen molar-refractivity contribution in [2.75, 3.05) is 19.0 Å². The number of imidazole rings is 1. The van der Waals surface area contributed by atoms with Gasteiger partial charge in [-0.2, -0.15) is 0 Å². The molecule has 86 valence electrons. The molecule has 4 heteroatoms. The van der Waals surface area contributed by atoms with Crippen LogP contribution in [0.5, 0.6) is 0 Å². The predicted molar refractivity (Wildman–Crippen MR) is 62.2 cm³/mol. The summed E-state index contributed by atoms with van der Waals surface area (Å²) in [5.41, 5.74) is 1.05. The van der Waals surface area contributed by atoms with E-state index in [9.17, 15) is 0 Å². The Morgan fingerprint density at radius 1 is 1.60 bits per heavy atom. The molecule has 1 heterocycles. The van der Waals surface area contributed by atoms with E-state index in [1.165, 1.54) is 0 Å². The SMILES string of the molecule is CCCn1cc(C)nc1NC(C)COC. The monoisotopic (exact) mass is 211 g/mol. The zero-order valence-corrected chi connectivity index (χ0v) is 10.1. The van der Waals surface area contributed by atoms with E-state index in [2.05, 4.69) is 34.9 Å². The summed E-state index contributed by atoms with van der Waals surface area (Å²) >= 11 is 0. The molecule has 0 aliphatic rings. The highest BCUT2D eigenvalue weighted by Crippen LogP contribution is 2.10. The summed E-state index contributed by atoms with van der Waals surface area (Å²) in [6.45, 7) is 7.96. The summed E-state index contributed by atoms with van der Waals surface area (Å²) in [6.07, 6.45) is 3.19. The molecular formula is C11H21N3O. The Labute approximate surface area is 91.7 Å². The van der Waals surface area contributed by atoms with Crippen LogP contribution in [0.2, 0.25) is 0 Å². The molecule has 4 nitrogen and oxygen atoms in total. The lowest BCUT2D eigenvalue weighted by molar-refractivity contribution is 0.190. The molecule has 0 aliphatic carbocycles. The zero-order chi connectivity index (χ0) is 11.3. The molecule has 0 radical (unpaired) electrons. The van der Waals surface area contributed by atoms with Crippen molar-refractivity contribution in [2.45, 2.75) is 39.8 Å². The van der Waals surface area contributed by atoms with E-state index in [0.29, 0.717) is 6.61 Å². The summed E-state index contributed by atoms with van der Waals surface area (Å²) in [6, 6.07) is 0.285. The third-order valence-electron chi connectivity index (χ3n) is 2.15. The third kappa shape index (κ3) is 3.55. The Kier molecular flexibility index (Phi) is 4.62. The third-order valence-corrected chi connectivity index (χ3v) is 2.15. The van der Waals surface area contributed by atoms with Gasteiger partial charge in [-0.15, -0.1) is 0 Å². The molecule has 1 N–H and O–H groups in total. The van der Waals surface area contributed by atoms with Gasteiger partial charge < -0.3 is 14.6 Å². The van der Waals surface area contributed by atoms with Crippen LogP contribution in [0.25, 0.3) is 0 Å². The lowest BCUT2D eigenvalue weighted by Crippen LogP contribution is -2.23. The fraction of sp³-hybridized carbons (Fsp3) is 0.727. The number of nitrogens with one attached hydrogen (secondary N) is 1. The van der Waals surface area contributed by atoms with Crippen LogP contribution in [0.15, 0.2) is 6.20 Å². The van der Waals surface area contributed by atoms with Crippen molar-refractivity contribution in [1.29, 1.82) is 0 Å². The van der Waals surface area contributed by atoms with Gasteiger partial charge in [-0.1, -0.05) is 6.92 Å². The van der Waals surface area contributed by atoms with Crippen LogP contribution >= 0.6 is 0 Å². The summed E-state index contributed by atoms with van der Waals surface area (Å²) in [4.78, 5) is 4.45. The van der Waals surface area contributed by atoms with Gasteiger partial charge in [0.2, 0.25) is 5.95 Å². The molecular weight excluding hydrogens is 190 g/mol. The first kappa shape index (κ1) is 12.0. The minimum absolute atomic E-state index is 0.285. The van der Waals surface area contributed by atoms with Gasteiger partial charge >= 0.3 is 0 Å². The summed E-state index contributed by atoms with van der Waals surface area (Å²) in [5, 5.41) is 3.34. The number of anilines is 1. The van der Waals surface area contributed by atoms with Gasteiger partial charge in [0.05, 0.1) is 12.3 Å². The maximum absolute atomic E-state index is 5.08. The van der Waals surface area contributed by atoms with E-state index in [1.807, 2.05) is 6.92 Å². The number of nitrogens with zero attached hydrogens (tertiary/aromatic N) is 2. The summed E-state index contributed by atoms with van der Waals surface area (Å²) < 4.78 is 7.24. The number of rotatable bonds is 6. The van der Waals surface area contributed by atoms with Crippen LogP contribution in [0.3, 0.4) is 0 Å². The van der Waals surface area contributed by atoms with E-state index in [-0.39, 0.29) is 6.04 Å². The molecule has 15 heavy (non-hydrogen) atoms.